The predicted molar refractivity (Wildman–Crippen MR) is 105 cm³/mol. The van der Waals surface area contributed by atoms with E-state index < -0.39 is 17.7 Å². The number of ether oxygens (including phenoxy) is 1. The van der Waals surface area contributed by atoms with E-state index in [1.54, 1.807) is 30.6 Å². The third-order valence-corrected chi connectivity index (χ3v) is 3.94. The molecule has 2 amide bonds. The van der Waals surface area contributed by atoms with Gasteiger partial charge in [-0.15, -0.1) is 0 Å². The van der Waals surface area contributed by atoms with E-state index >= 15 is 0 Å². The molecular formula is C21H14F2N4O2. The Kier molecular flexibility index (Phi) is 4.98. The fourth-order valence-corrected chi connectivity index (χ4v) is 2.65. The highest BCUT2D eigenvalue weighted by Gasteiger charge is 2.10. The van der Waals surface area contributed by atoms with Gasteiger partial charge in [0.2, 0.25) is 0 Å². The van der Waals surface area contributed by atoms with Crippen LogP contribution >= 0.6 is 0 Å². The highest BCUT2D eigenvalue weighted by molar-refractivity contribution is 5.99. The lowest BCUT2D eigenvalue weighted by Gasteiger charge is -2.10. The summed E-state index contributed by atoms with van der Waals surface area (Å²) in [6, 6.07) is 13.9. The van der Waals surface area contributed by atoms with Gasteiger partial charge in [-0.25, -0.2) is 13.6 Å². The Hall–Kier alpha value is -4.07. The van der Waals surface area contributed by atoms with Gasteiger partial charge in [-0.1, -0.05) is 6.07 Å². The zero-order chi connectivity index (χ0) is 20.2. The highest BCUT2D eigenvalue weighted by Crippen LogP contribution is 2.28. The number of hydrogen-bond acceptors (Lipinski definition) is 4. The summed E-state index contributed by atoms with van der Waals surface area (Å²) < 4.78 is 33.1. The van der Waals surface area contributed by atoms with Gasteiger partial charge in [0.05, 0.1) is 11.0 Å². The minimum absolute atomic E-state index is 0.00988. The van der Waals surface area contributed by atoms with Gasteiger partial charge in [-0.2, -0.15) is 0 Å². The number of nitrogens with zero attached hydrogens (tertiary/aromatic N) is 2. The molecule has 4 aromatic rings. The van der Waals surface area contributed by atoms with Gasteiger partial charge in [0, 0.05) is 35.9 Å². The molecule has 0 saturated carbocycles. The van der Waals surface area contributed by atoms with E-state index in [-0.39, 0.29) is 17.1 Å². The molecule has 0 unspecified atom stereocenters. The minimum atomic E-state index is -0.659. The Morgan fingerprint density at radius 1 is 0.828 bits per heavy atom. The largest absolute Gasteiger partial charge is 0.454 e. The third-order valence-electron chi connectivity index (χ3n) is 3.94. The molecular weight excluding hydrogens is 378 g/mol. The van der Waals surface area contributed by atoms with Crippen LogP contribution in [0.3, 0.4) is 0 Å². The molecule has 0 fully saturated rings. The first-order valence-corrected chi connectivity index (χ1v) is 8.58. The maximum absolute atomic E-state index is 14.4. The first-order valence-electron chi connectivity index (χ1n) is 8.58. The van der Waals surface area contributed by atoms with Gasteiger partial charge in [0.1, 0.15) is 11.6 Å². The van der Waals surface area contributed by atoms with Crippen LogP contribution in [0.2, 0.25) is 0 Å². The Bertz CT molecular complexity index is 1200. The quantitative estimate of drug-likeness (QED) is 0.491. The van der Waals surface area contributed by atoms with Gasteiger partial charge in [-0.05, 0) is 42.5 Å². The molecule has 0 spiro atoms. The molecule has 144 valence electrons. The Morgan fingerprint density at radius 3 is 2.34 bits per heavy atom. The lowest BCUT2D eigenvalue weighted by atomic mass is 10.2. The molecule has 0 atom stereocenters. The van der Waals surface area contributed by atoms with Crippen molar-refractivity contribution in [2.24, 2.45) is 0 Å². The van der Waals surface area contributed by atoms with Crippen molar-refractivity contribution in [3.05, 3.63) is 84.7 Å². The average Bonchev–Trinajstić information content (AvgIpc) is 2.70. The summed E-state index contributed by atoms with van der Waals surface area (Å²) in [5, 5.41) is 4.95. The number of urea groups is 1. The van der Waals surface area contributed by atoms with Crippen molar-refractivity contribution in [1.29, 1.82) is 0 Å². The molecule has 0 aliphatic rings. The minimum Gasteiger partial charge on any atom is -0.454 e. The molecule has 4 rings (SSSR count). The first-order chi connectivity index (χ1) is 14.1. The maximum atomic E-state index is 14.4. The van der Waals surface area contributed by atoms with Crippen LogP contribution in [-0.4, -0.2) is 16.0 Å². The number of nitrogens with one attached hydrogen (secondary N) is 2. The van der Waals surface area contributed by atoms with Gasteiger partial charge in [0.15, 0.2) is 11.6 Å². The smallest absolute Gasteiger partial charge is 0.323 e. The van der Waals surface area contributed by atoms with E-state index in [4.69, 9.17) is 4.74 Å². The molecule has 3 aromatic carbocycles. The molecule has 2 N–H and O–H groups in total. The average molecular weight is 392 g/mol. The number of hydrogen-bond donors (Lipinski definition) is 2. The summed E-state index contributed by atoms with van der Waals surface area (Å²) in [7, 11) is 0. The molecule has 8 heteroatoms. The lowest BCUT2D eigenvalue weighted by molar-refractivity contribution is 0.262. The van der Waals surface area contributed by atoms with Gasteiger partial charge >= 0.3 is 6.03 Å². The number of halogens is 2. The lowest BCUT2D eigenvalue weighted by Crippen LogP contribution is -2.19. The number of benzene rings is 3. The van der Waals surface area contributed by atoms with Crippen LogP contribution in [0.25, 0.3) is 11.0 Å². The second-order valence-corrected chi connectivity index (χ2v) is 6.04. The fourth-order valence-electron chi connectivity index (χ4n) is 2.65. The van der Waals surface area contributed by atoms with E-state index in [2.05, 4.69) is 20.6 Å². The van der Waals surface area contributed by atoms with Crippen molar-refractivity contribution in [2.45, 2.75) is 0 Å². The third kappa shape index (κ3) is 4.44. The summed E-state index contributed by atoms with van der Waals surface area (Å²) in [4.78, 5) is 20.3. The normalized spacial score (nSPS) is 10.6. The van der Waals surface area contributed by atoms with Gasteiger partial charge < -0.3 is 15.4 Å². The number of amides is 2. The monoisotopic (exact) mass is 392 g/mol. The highest BCUT2D eigenvalue weighted by atomic mass is 19.1. The number of carbonyl (C=O) groups excluding carboxylic acids is 1. The van der Waals surface area contributed by atoms with Crippen molar-refractivity contribution < 1.29 is 18.3 Å². The van der Waals surface area contributed by atoms with E-state index in [0.717, 1.165) is 6.07 Å². The molecule has 29 heavy (non-hydrogen) atoms. The van der Waals surface area contributed by atoms with E-state index in [0.29, 0.717) is 16.8 Å². The molecule has 6 nitrogen and oxygen atoms in total. The maximum Gasteiger partial charge on any atom is 0.323 e. The van der Waals surface area contributed by atoms with E-state index in [9.17, 15) is 13.6 Å². The van der Waals surface area contributed by atoms with Crippen molar-refractivity contribution in [2.75, 3.05) is 10.6 Å². The van der Waals surface area contributed by atoms with Gasteiger partial charge in [0.25, 0.3) is 0 Å². The molecule has 1 aromatic heterocycles. The summed E-state index contributed by atoms with van der Waals surface area (Å²) in [5.41, 5.74) is 1.82. The van der Waals surface area contributed by atoms with E-state index in [1.807, 2.05) is 0 Å². The van der Waals surface area contributed by atoms with Crippen LogP contribution in [0.4, 0.5) is 25.0 Å². The number of fused-ring (bicyclic) bond motifs is 1. The van der Waals surface area contributed by atoms with Crippen molar-refractivity contribution in [3.8, 4) is 11.5 Å². The molecule has 0 bridgehead atoms. The molecule has 1 heterocycles. The van der Waals surface area contributed by atoms with Crippen LogP contribution in [0, 0.1) is 11.6 Å². The number of rotatable bonds is 4. The predicted octanol–water partition coefficient (Wildman–Crippen LogP) is 5.34. The first kappa shape index (κ1) is 18.3. The summed E-state index contributed by atoms with van der Waals surface area (Å²) in [6.07, 6.45) is 3.14. The van der Waals surface area contributed by atoms with Crippen LogP contribution in [-0.2, 0) is 0 Å². The SMILES string of the molecule is O=C(Nc1cccc(F)c1)Nc1ccc(Oc2ccc3nccnc3c2)c(F)c1. The fraction of sp³-hybridized carbons (Fsp3) is 0. The second kappa shape index (κ2) is 7.89. The summed E-state index contributed by atoms with van der Waals surface area (Å²) in [5.74, 6) is -0.742. The molecule has 0 radical (unpaired) electrons. The number of anilines is 2. The van der Waals surface area contributed by atoms with Crippen LogP contribution in [0.1, 0.15) is 0 Å². The second-order valence-electron chi connectivity index (χ2n) is 6.04. The standard InChI is InChI=1S/C21H14F2N4O2/c22-13-2-1-3-14(10-13)26-21(28)27-15-4-7-20(17(23)11-15)29-16-5-6-18-19(12-16)25-9-8-24-18/h1-12H,(H2,26,27,28). The zero-order valence-electron chi connectivity index (χ0n) is 14.9. The molecule has 0 aliphatic carbocycles. The van der Waals surface area contributed by atoms with Crippen LogP contribution < -0.4 is 15.4 Å². The van der Waals surface area contributed by atoms with Crippen LogP contribution in [0.5, 0.6) is 11.5 Å². The van der Waals surface area contributed by atoms with Crippen molar-refractivity contribution in [1.82, 2.24) is 9.97 Å². The molecule has 0 aliphatic heterocycles. The number of aromatic nitrogens is 2. The van der Waals surface area contributed by atoms with Crippen LogP contribution in [0.15, 0.2) is 73.1 Å². The molecule has 0 saturated heterocycles. The van der Waals surface area contributed by atoms with Crippen molar-refractivity contribution >= 4 is 28.4 Å². The summed E-state index contributed by atoms with van der Waals surface area (Å²) in [6.45, 7) is 0. The van der Waals surface area contributed by atoms with Crippen molar-refractivity contribution in [3.63, 3.8) is 0 Å². The zero-order valence-corrected chi connectivity index (χ0v) is 14.9. The Balaban J connectivity index is 1.45. The summed E-state index contributed by atoms with van der Waals surface area (Å²) >= 11 is 0. The Morgan fingerprint density at radius 2 is 1.59 bits per heavy atom. The number of carbonyl (C=O) groups is 1. The topological polar surface area (TPSA) is 76.1 Å². The Labute approximate surface area is 164 Å². The van der Waals surface area contributed by atoms with E-state index in [1.165, 1.54) is 36.4 Å². The van der Waals surface area contributed by atoms with Gasteiger partial charge in [-0.3, -0.25) is 9.97 Å².